The second kappa shape index (κ2) is 9.80. The standard InChI is InChI=1S/C23H29N3O3S/c1-15(2)29-20-10-7-17(13-21(20)28-4)14-24-23(30)25-18-8-9-19(16(3)12-18)26-11-5-6-22(26)27/h7-10,12-13,15H,5-6,11,14H2,1-4H3,(H2,24,25,30). The molecule has 0 unspecified atom stereocenters. The summed E-state index contributed by atoms with van der Waals surface area (Å²) in [5, 5.41) is 6.95. The fourth-order valence-electron chi connectivity index (χ4n) is 3.47. The number of hydrogen-bond donors (Lipinski definition) is 2. The van der Waals surface area contributed by atoms with Gasteiger partial charge in [-0.3, -0.25) is 4.79 Å². The van der Waals surface area contributed by atoms with Gasteiger partial charge in [-0.05, 0) is 80.9 Å². The number of carbonyl (C=O) groups excluding carboxylic acids is 1. The van der Waals surface area contributed by atoms with Gasteiger partial charge < -0.3 is 25.0 Å². The van der Waals surface area contributed by atoms with E-state index < -0.39 is 0 Å². The Morgan fingerprint density at radius 3 is 2.63 bits per heavy atom. The smallest absolute Gasteiger partial charge is 0.227 e. The normalized spacial score (nSPS) is 13.5. The summed E-state index contributed by atoms with van der Waals surface area (Å²) in [5.74, 6) is 1.62. The van der Waals surface area contributed by atoms with E-state index in [2.05, 4.69) is 10.6 Å². The average molecular weight is 428 g/mol. The van der Waals surface area contributed by atoms with Gasteiger partial charge in [0.05, 0.1) is 13.2 Å². The van der Waals surface area contributed by atoms with E-state index in [1.54, 1.807) is 7.11 Å². The third-order valence-corrected chi connectivity index (χ3v) is 5.11. The van der Waals surface area contributed by atoms with E-state index in [0.29, 0.717) is 23.8 Å². The number of anilines is 2. The molecule has 6 nitrogen and oxygen atoms in total. The Labute approximate surface area is 183 Å². The van der Waals surface area contributed by atoms with Crippen LogP contribution in [0.3, 0.4) is 0 Å². The average Bonchev–Trinajstić information content (AvgIpc) is 3.12. The first-order valence-electron chi connectivity index (χ1n) is 10.2. The van der Waals surface area contributed by atoms with Gasteiger partial charge in [0, 0.05) is 30.9 Å². The maximum absolute atomic E-state index is 12.0. The molecule has 1 heterocycles. The fourth-order valence-corrected chi connectivity index (χ4v) is 3.66. The zero-order chi connectivity index (χ0) is 21.7. The maximum atomic E-state index is 12.0. The number of rotatable bonds is 7. The lowest BCUT2D eigenvalue weighted by atomic mass is 10.1. The van der Waals surface area contributed by atoms with E-state index in [4.69, 9.17) is 21.7 Å². The molecule has 0 saturated carbocycles. The van der Waals surface area contributed by atoms with Gasteiger partial charge in [-0.1, -0.05) is 6.07 Å². The van der Waals surface area contributed by atoms with Crippen molar-refractivity contribution in [1.29, 1.82) is 0 Å². The summed E-state index contributed by atoms with van der Waals surface area (Å²) in [4.78, 5) is 13.8. The molecule has 3 rings (SSSR count). The third-order valence-electron chi connectivity index (χ3n) is 4.86. The van der Waals surface area contributed by atoms with Crippen LogP contribution in [0.4, 0.5) is 11.4 Å². The highest BCUT2D eigenvalue weighted by atomic mass is 32.1. The number of nitrogens with zero attached hydrogens (tertiary/aromatic N) is 1. The minimum Gasteiger partial charge on any atom is -0.493 e. The number of methoxy groups -OCH3 is 1. The Kier molecular flexibility index (Phi) is 7.15. The SMILES string of the molecule is COc1cc(CNC(=S)Nc2ccc(N3CCCC3=O)c(C)c2)ccc1OC(C)C. The first-order chi connectivity index (χ1) is 14.4. The van der Waals surface area contributed by atoms with Crippen molar-refractivity contribution in [2.45, 2.75) is 46.3 Å². The van der Waals surface area contributed by atoms with Crippen LogP contribution < -0.4 is 25.0 Å². The second-order valence-electron chi connectivity index (χ2n) is 7.61. The van der Waals surface area contributed by atoms with Crippen LogP contribution in [0.1, 0.15) is 37.8 Å². The van der Waals surface area contributed by atoms with Crippen molar-refractivity contribution < 1.29 is 14.3 Å². The van der Waals surface area contributed by atoms with Gasteiger partial charge >= 0.3 is 0 Å². The van der Waals surface area contributed by atoms with Gasteiger partial charge in [0.2, 0.25) is 5.91 Å². The van der Waals surface area contributed by atoms with Gasteiger partial charge in [0.15, 0.2) is 16.6 Å². The van der Waals surface area contributed by atoms with Crippen molar-refractivity contribution in [3.05, 3.63) is 47.5 Å². The molecule has 2 aromatic carbocycles. The Hall–Kier alpha value is -2.80. The molecule has 0 spiro atoms. The molecular weight excluding hydrogens is 398 g/mol. The second-order valence-corrected chi connectivity index (χ2v) is 8.02. The number of amides is 1. The lowest BCUT2D eigenvalue weighted by Crippen LogP contribution is -2.28. The maximum Gasteiger partial charge on any atom is 0.227 e. The van der Waals surface area contributed by atoms with Crippen molar-refractivity contribution in [3.8, 4) is 11.5 Å². The molecule has 2 aromatic rings. The van der Waals surface area contributed by atoms with Crippen LogP contribution in [0.5, 0.6) is 11.5 Å². The van der Waals surface area contributed by atoms with Gasteiger partial charge in [0.25, 0.3) is 0 Å². The van der Waals surface area contributed by atoms with Gasteiger partial charge in [-0.25, -0.2) is 0 Å². The Morgan fingerprint density at radius 2 is 2.00 bits per heavy atom. The van der Waals surface area contributed by atoms with E-state index in [0.717, 1.165) is 41.2 Å². The zero-order valence-corrected chi connectivity index (χ0v) is 18.8. The minimum absolute atomic E-state index is 0.0816. The van der Waals surface area contributed by atoms with Crippen molar-refractivity contribution >= 4 is 34.6 Å². The number of ether oxygens (including phenoxy) is 2. The monoisotopic (exact) mass is 427 g/mol. The van der Waals surface area contributed by atoms with Crippen LogP contribution in [-0.4, -0.2) is 30.8 Å². The highest BCUT2D eigenvalue weighted by Gasteiger charge is 2.22. The lowest BCUT2D eigenvalue weighted by molar-refractivity contribution is -0.117. The fraction of sp³-hybridized carbons (Fsp3) is 0.391. The number of aryl methyl sites for hydroxylation is 1. The molecule has 0 atom stereocenters. The van der Waals surface area contributed by atoms with E-state index in [9.17, 15) is 4.79 Å². The molecule has 2 N–H and O–H groups in total. The Bertz CT molecular complexity index is 930. The minimum atomic E-state index is 0.0816. The van der Waals surface area contributed by atoms with Crippen molar-refractivity contribution in [1.82, 2.24) is 5.32 Å². The van der Waals surface area contributed by atoms with Crippen LogP contribution in [0.25, 0.3) is 0 Å². The Morgan fingerprint density at radius 1 is 1.20 bits per heavy atom. The third kappa shape index (κ3) is 5.42. The molecule has 1 aliphatic heterocycles. The predicted molar refractivity (Wildman–Crippen MR) is 125 cm³/mol. The highest BCUT2D eigenvalue weighted by Crippen LogP contribution is 2.29. The van der Waals surface area contributed by atoms with E-state index >= 15 is 0 Å². The summed E-state index contributed by atoms with van der Waals surface area (Å²) in [7, 11) is 1.63. The van der Waals surface area contributed by atoms with E-state index in [1.807, 2.05) is 62.1 Å². The summed E-state index contributed by atoms with van der Waals surface area (Å²) >= 11 is 5.44. The van der Waals surface area contributed by atoms with E-state index in [1.165, 1.54) is 0 Å². The molecule has 160 valence electrons. The summed E-state index contributed by atoms with van der Waals surface area (Å²) in [6, 6.07) is 11.8. The van der Waals surface area contributed by atoms with E-state index in [-0.39, 0.29) is 12.0 Å². The molecule has 0 aliphatic carbocycles. The molecule has 1 fully saturated rings. The number of benzene rings is 2. The number of carbonyl (C=O) groups is 1. The van der Waals surface area contributed by atoms with Crippen molar-refractivity contribution in [3.63, 3.8) is 0 Å². The first kappa shape index (κ1) is 21.9. The van der Waals surface area contributed by atoms with Crippen LogP contribution in [0.15, 0.2) is 36.4 Å². The first-order valence-corrected chi connectivity index (χ1v) is 10.6. The van der Waals surface area contributed by atoms with Crippen LogP contribution >= 0.6 is 12.2 Å². The van der Waals surface area contributed by atoms with Crippen molar-refractivity contribution in [2.24, 2.45) is 0 Å². The quantitative estimate of drug-likeness (QED) is 0.639. The molecule has 1 saturated heterocycles. The molecule has 30 heavy (non-hydrogen) atoms. The lowest BCUT2D eigenvalue weighted by Gasteiger charge is -2.19. The molecule has 1 aliphatic rings. The molecular formula is C23H29N3O3S. The molecule has 7 heteroatoms. The number of thiocarbonyl (C=S) groups is 1. The number of hydrogen-bond acceptors (Lipinski definition) is 4. The van der Waals surface area contributed by atoms with Crippen LogP contribution in [-0.2, 0) is 11.3 Å². The van der Waals surface area contributed by atoms with Gasteiger partial charge in [0.1, 0.15) is 0 Å². The molecule has 0 radical (unpaired) electrons. The summed E-state index contributed by atoms with van der Waals surface area (Å²) in [6.45, 7) is 7.32. The largest absolute Gasteiger partial charge is 0.493 e. The number of nitrogens with one attached hydrogen (secondary N) is 2. The van der Waals surface area contributed by atoms with Crippen LogP contribution in [0, 0.1) is 6.92 Å². The summed E-state index contributed by atoms with van der Waals surface area (Å²) in [5.41, 5.74) is 3.94. The topological polar surface area (TPSA) is 62.8 Å². The highest BCUT2D eigenvalue weighted by molar-refractivity contribution is 7.80. The van der Waals surface area contributed by atoms with Crippen molar-refractivity contribution in [2.75, 3.05) is 23.9 Å². The molecule has 1 amide bonds. The molecule has 0 bridgehead atoms. The summed E-state index contributed by atoms with van der Waals surface area (Å²) < 4.78 is 11.2. The van der Waals surface area contributed by atoms with Gasteiger partial charge in [-0.2, -0.15) is 0 Å². The van der Waals surface area contributed by atoms with Gasteiger partial charge in [-0.15, -0.1) is 0 Å². The molecule has 0 aromatic heterocycles. The predicted octanol–water partition coefficient (Wildman–Crippen LogP) is 4.40. The van der Waals surface area contributed by atoms with Crippen LogP contribution in [0.2, 0.25) is 0 Å². The summed E-state index contributed by atoms with van der Waals surface area (Å²) in [6.07, 6.45) is 1.63. The Balaban J connectivity index is 1.58. The zero-order valence-electron chi connectivity index (χ0n) is 18.0.